The number of hydrogen-bond donors (Lipinski definition) is 1. The first kappa shape index (κ1) is 19.3. The van der Waals surface area contributed by atoms with Crippen LogP contribution in [-0.2, 0) is 29.4 Å². The van der Waals surface area contributed by atoms with Crippen molar-refractivity contribution in [1.29, 1.82) is 5.26 Å². The summed E-state index contributed by atoms with van der Waals surface area (Å²) in [6.45, 7) is 1.87. The lowest BCUT2D eigenvalue weighted by atomic mass is 10.0. The second-order valence-corrected chi connectivity index (χ2v) is 8.62. The van der Waals surface area contributed by atoms with Crippen LogP contribution in [0, 0.1) is 11.3 Å². The van der Waals surface area contributed by atoms with Gasteiger partial charge in [0.2, 0.25) is 10.0 Å². The molecule has 1 unspecified atom stereocenters. The van der Waals surface area contributed by atoms with Gasteiger partial charge in [0.1, 0.15) is 6.54 Å². The third kappa shape index (κ3) is 4.62. The molecule has 7 nitrogen and oxygen atoms in total. The van der Waals surface area contributed by atoms with E-state index in [2.05, 4.69) is 9.82 Å². The van der Waals surface area contributed by atoms with E-state index < -0.39 is 10.0 Å². The fourth-order valence-electron chi connectivity index (χ4n) is 3.29. The number of unbranched alkanes of at least 4 members (excludes halogenated alkanes) is 1. The number of benzene rings is 1. The maximum atomic E-state index is 12.1. The largest absolute Gasteiger partial charge is 0.268 e. The zero-order valence-electron chi connectivity index (χ0n) is 15.2. The molecule has 0 radical (unpaired) electrons. The van der Waals surface area contributed by atoms with E-state index in [9.17, 15) is 13.2 Å². The first-order valence-corrected chi connectivity index (χ1v) is 10.6. The highest BCUT2D eigenvalue weighted by atomic mass is 32.2. The Labute approximate surface area is 158 Å². The molecule has 0 fully saturated rings. The van der Waals surface area contributed by atoms with Crippen LogP contribution in [0.4, 0.5) is 0 Å². The molecule has 0 saturated heterocycles. The highest BCUT2D eigenvalue weighted by Gasteiger charge is 2.25. The van der Waals surface area contributed by atoms with Gasteiger partial charge in [-0.1, -0.05) is 25.5 Å². The van der Waals surface area contributed by atoms with Crippen LogP contribution in [0.1, 0.15) is 30.9 Å². The van der Waals surface area contributed by atoms with Crippen LogP contribution in [0.25, 0.3) is 11.3 Å². The van der Waals surface area contributed by atoms with Crippen LogP contribution in [0.5, 0.6) is 0 Å². The van der Waals surface area contributed by atoms with Crippen LogP contribution in [0.15, 0.2) is 35.1 Å². The minimum Gasteiger partial charge on any atom is -0.268 e. The Hall–Kier alpha value is -2.50. The molecule has 0 amide bonds. The number of sulfonamides is 1. The number of fused-ring (bicyclic) bond motifs is 1. The van der Waals surface area contributed by atoms with E-state index in [0.29, 0.717) is 25.0 Å². The van der Waals surface area contributed by atoms with Gasteiger partial charge in [-0.05, 0) is 42.5 Å². The molecule has 1 N–H and O–H groups in total. The standard InChI is InChI=1S/C19H22N4O3S/c1-2-3-10-27(25,26)22-17-12-14-4-5-15(11-16(14)13-17)18-6-7-19(24)23(21-18)9-8-20/h4-7,11,17,22H,2-3,9-10,12-13H2,1H3. The second-order valence-electron chi connectivity index (χ2n) is 6.75. The first-order chi connectivity index (χ1) is 12.9. The molecule has 1 aliphatic carbocycles. The summed E-state index contributed by atoms with van der Waals surface area (Å²) in [6.07, 6.45) is 2.80. The summed E-state index contributed by atoms with van der Waals surface area (Å²) in [5.41, 5.74) is 3.33. The highest BCUT2D eigenvalue weighted by Crippen LogP contribution is 2.27. The van der Waals surface area contributed by atoms with Gasteiger partial charge in [-0.15, -0.1) is 0 Å². The summed E-state index contributed by atoms with van der Waals surface area (Å²) in [5.74, 6) is 0.159. The maximum absolute atomic E-state index is 12.1. The molecule has 0 saturated carbocycles. The van der Waals surface area contributed by atoms with Crippen molar-refractivity contribution in [1.82, 2.24) is 14.5 Å². The molecular weight excluding hydrogens is 364 g/mol. The predicted molar refractivity (Wildman–Crippen MR) is 103 cm³/mol. The van der Waals surface area contributed by atoms with E-state index in [-0.39, 0.29) is 23.9 Å². The van der Waals surface area contributed by atoms with Gasteiger partial charge in [-0.2, -0.15) is 10.4 Å². The van der Waals surface area contributed by atoms with E-state index >= 15 is 0 Å². The first-order valence-electron chi connectivity index (χ1n) is 8.99. The van der Waals surface area contributed by atoms with E-state index in [1.165, 1.54) is 6.07 Å². The van der Waals surface area contributed by atoms with Crippen LogP contribution >= 0.6 is 0 Å². The average Bonchev–Trinajstić information content (AvgIpc) is 3.02. The topological polar surface area (TPSA) is 105 Å². The van der Waals surface area contributed by atoms with Gasteiger partial charge in [-0.25, -0.2) is 17.8 Å². The Morgan fingerprint density at radius 3 is 2.78 bits per heavy atom. The van der Waals surface area contributed by atoms with Crippen molar-refractivity contribution in [3.8, 4) is 17.3 Å². The van der Waals surface area contributed by atoms with E-state index in [4.69, 9.17) is 5.26 Å². The predicted octanol–water partition coefficient (Wildman–Crippen LogP) is 1.62. The van der Waals surface area contributed by atoms with Crippen LogP contribution in [-0.4, -0.2) is 30.0 Å². The lowest BCUT2D eigenvalue weighted by molar-refractivity contribution is 0.553. The van der Waals surface area contributed by atoms with E-state index in [0.717, 1.165) is 27.8 Å². The van der Waals surface area contributed by atoms with Gasteiger partial charge in [-0.3, -0.25) is 4.79 Å². The van der Waals surface area contributed by atoms with Crippen molar-refractivity contribution in [3.63, 3.8) is 0 Å². The van der Waals surface area contributed by atoms with Gasteiger partial charge >= 0.3 is 0 Å². The number of nitrogens with zero attached hydrogens (tertiary/aromatic N) is 3. The zero-order chi connectivity index (χ0) is 19.4. The molecule has 2 aromatic rings. The SMILES string of the molecule is CCCCS(=O)(=O)NC1Cc2ccc(-c3ccc(=O)n(CC#N)n3)cc2C1. The molecule has 27 heavy (non-hydrogen) atoms. The lowest BCUT2D eigenvalue weighted by Gasteiger charge is -2.12. The molecule has 0 spiro atoms. The molecule has 1 aliphatic rings. The maximum Gasteiger partial charge on any atom is 0.267 e. The number of nitrogens with one attached hydrogen (secondary N) is 1. The van der Waals surface area contributed by atoms with Gasteiger partial charge in [0.05, 0.1) is 17.5 Å². The molecule has 3 rings (SSSR count). The summed E-state index contributed by atoms with van der Waals surface area (Å²) >= 11 is 0. The molecule has 1 aromatic heterocycles. The third-order valence-electron chi connectivity index (χ3n) is 4.63. The fourth-order valence-corrected chi connectivity index (χ4v) is 4.75. The Bertz CT molecular complexity index is 1040. The molecule has 0 bridgehead atoms. The van der Waals surface area contributed by atoms with E-state index in [1.54, 1.807) is 6.07 Å². The molecule has 142 valence electrons. The van der Waals surface area contributed by atoms with Gasteiger partial charge in [0, 0.05) is 17.7 Å². The van der Waals surface area contributed by atoms with Crippen molar-refractivity contribution < 1.29 is 8.42 Å². The monoisotopic (exact) mass is 386 g/mol. The number of nitriles is 1. The van der Waals surface area contributed by atoms with Crippen molar-refractivity contribution in [2.45, 2.75) is 45.2 Å². The Morgan fingerprint density at radius 2 is 2.04 bits per heavy atom. The number of rotatable bonds is 7. The van der Waals surface area contributed by atoms with Gasteiger partial charge in [0.25, 0.3) is 5.56 Å². The van der Waals surface area contributed by atoms with Crippen molar-refractivity contribution >= 4 is 10.0 Å². The van der Waals surface area contributed by atoms with Crippen molar-refractivity contribution in [2.24, 2.45) is 0 Å². The van der Waals surface area contributed by atoms with Gasteiger partial charge in [0.15, 0.2) is 0 Å². The van der Waals surface area contributed by atoms with Crippen LogP contribution in [0.3, 0.4) is 0 Å². The fraction of sp³-hybridized carbons (Fsp3) is 0.421. The number of hydrogen-bond acceptors (Lipinski definition) is 5. The second kappa shape index (κ2) is 8.03. The summed E-state index contributed by atoms with van der Waals surface area (Å²) in [5, 5.41) is 13.0. The van der Waals surface area contributed by atoms with Crippen LogP contribution in [0.2, 0.25) is 0 Å². The van der Waals surface area contributed by atoms with E-state index in [1.807, 2.05) is 31.2 Å². The molecule has 1 aromatic carbocycles. The zero-order valence-corrected chi connectivity index (χ0v) is 16.0. The Kier molecular flexibility index (Phi) is 5.73. The normalized spacial score (nSPS) is 16.1. The third-order valence-corrected chi connectivity index (χ3v) is 6.15. The highest BCUT2D eigenvalue weighted by molar-refractivity contribution is 7.89. The molecule has 8 heteroatoms. The summed E-state index contributed by atoms with van der Waals surface area (Å²) in [4.78, 5) is 11.7. The van der Waals surface area contributed by atoms with Crippen molar-refractivity contribution in [3.05, 3.63) is 51.8 Å². The van der Waals surface area contributed by atoms with Crippen LogP contribution < -0.4 is 10.3 Å². The average molecular weight is 386 g/mol. The summed E-state index contributed by atoms with van der Waals surface area (Å²) in [6, 6.07) is 10.7. The minimum absolute atomic E-state index is 0.0980. The number of aromatic nitrogens is 2. The molecule has 1 atom stereocenters. The Morgan fingerprint density at radius 1 is 1.26 bits per heavy atom. The summed E-state index contributed by atoms with van der Waals surface area (Å²) < 4.78 is 28.2. The Balaban J connectivity index is 1.78. The smallest absolute Gasteiger partial charge is 0.267 e. The minimum atomic E-state index is -3.25. The van der Waals surface area contributed by atoms with Crippen molar-refractivity contribution in [2.75, 3.05) is 5.75 Å². The quantitative estimate of drug-likeness (QED) is 0.778. The van der Waals surface area contributed by atoms with Gasteiger partial charge < -0.3 is 0 Å². The summed E-state index contributed by atoms with van der Waals surface area (Å²) in [7, 11) is -3.25. The molecule has 0 aliphatic heterocycles. The molecular formula is C19H22N4O3S. The molecule has 1 heterocycles. The lowest BCUT2D eigenvalue weighted by Crippen LogP contribution is -2.36.